The molecule has 1 aromatic rings. The Morgan fingerprint density at radius 1 is 1.23 bits per heavy atom. The minimum Gasteiger partial charge on any atom is -0.496 e. The molecular formula is C20H28N2O4. The second-order valence-electron chi connectivity index (χ2n) is 7.88. The molecule has 6 heteroatoms. The molecule has 6 nitrogen and oxygen atoms in total. The van der Waals surface area contributed by atoms with Crippen LogP contribution in [0.15, 0.2) is 24.3 Å². The fourth-order valence-corrected chi connectivity index (χ4v) is 4.34. The van der Waals surface area contributed by atoms with Crippen LogP contribution in [0.2, 0.25) is 0 Å². The lowest BCUT2D eigenvalue weighted by Crippen LogP contribution is -2.46. The number of likely N-dealkylation sites (tertiary alicyclic amines) is 1. The van der Waals surface area contributed by atoms with Crippen molar-refractivity contribution in [1.82, 2.24) is 10.2 Å². The highest BCUT2D eigenvalue weighted by Gasteiger charge is 2.43. The number of carboxylic acid groups (broad SMARTS) is 1. The van der Waals surface area contributed by atoms with Gasteiger partial charge >= 0.3 is 12.0 Å². The molecule has 0 radical (unpaired) electrons. The summed E-state index contributed by atoms with van der Waals surface area (Å²) in [5.74, 6) is 0.0253. The number of para-hydroxylation sites is 1. The van der Waals surface area contributed by atoms with Gasteiger partial charge in [0.15, 0.2) is 0 Å². The topological polar surface area (TPSA) is 78.9 Å². The fourth-order valence-electron chi connectivity index (χ4n) is 4.34. The molecule has 2 aliphatic rings. The summed E-state index contributed by atoms with van der Waals surface area (Å²) in [7, 11) is 1.68. The summed E-state index contributed by atoms with van der Waals surface area (Å²) < 4.78 is 5.55. The third kappa shape index (κ3) is 3.37. The van der Waals surface area contributed by atoms with E-state index in [1.807, 2.05) is 18.2 Å². The second kappa shape index (κ2) is 7.17. The molecule has 1 atom stereocenters. The van der Waals surface area contributed by atoms with Crippen molar-refractivity contribution in [3.63, 3.8) is 0 Å². The monoisotopic (exact) mass is 360 g/mol. The quantitative estimate of drug-likeness (QED) is 0.846. The van der Waals surface area contributed by atoms with Gasteiger partial charge < -0.3 is 20.1 Å². The molecule has 0 bridgehead atoms. The summed E-state index contributed by atoms with van der Waals surface area (Å²) in [5.41, 5.74) is 0.195. The number of carbonyl (C=O) groups is 2. The molecule has 2 fully saturated rings. The number of hydrogen-bond acceptors (Lipinski definition) is 3. The minimum atomic E-state index is -0.842. The number of benzene rings is 1. The Morgan fingerprint density at radius 2 is 1.92 bits per heavy atom. The number of ether oxygens (including phenoxy) is 1. The van der Waals surface area contributed by atoms with Gasteiger partial charge in [-0.3, -0.25) is 4.79 Å². The van der Waals surface area contributed by atoms with E-state index in [0.29, 0.717) is 19.5 Å². The lowest BCUT2D eigenvalue weighted by atomic mass is 9.78. The average Bonchev–Trinajstić information content (AvgIpc) is 3.28. The van der Waals surface area contributed by atoms with Crippen molar-refractivity contribution in [3.05, 3.63) is 29.8 Å². The van der Waals surface area contributed by atoms with Gasteiger partial charge in [0.25, 0.3) is 0 Å². The molecule has 1 aromatic carbocycles. The summed E-state index contributed by atoms with van der Waals surface area (Å²) >= 11 is 0. The van der Waals surface area contributed by atoms with Crippen LogP contribution in [-0.4, -0.2) is 48.8 Å². The maximum atomic E-state index is 12.6. The maximum Gasteiger partial charge on any atom is 0.317 e. The first kappa shape index (κ1) is 18.5. The van der Waals surface area contributed by atoms with E-state index in [0.717, 1.165) is 37.0 Å². The summed E-state index contributed by atoms with van der Waals surface area (Å²) in [5, 5.41) is 12.4. The largest absolute Gasteiger partial charge is 0.496 e. The molecule has 1 aliphatic carbocycles. The van der Waals surface area contributed by atoms with Gasteiger partial charge in [-0.15, -0.1) is 0 Å². The number of carboxylic acids is 1. The number of hydrogen-bond donors (Lipinski definition) is 2. The molecule has 2 N–H and O–H groups in total. The molecule has 1 unspecified atom stereocenters. The van der Waals surface area contributed by atoms with Crippen LogP contribution >= 0.6 is 0 Å². The van der Waals surface area contributed by atoms with E-state index in [-0.39, 0.29) is 18.0 Å². The Balaban J connectivity index is 1.70. The second-order valence-corrected chi connectivity index (χ2v) is 7.88. The molecule has 142 valence electrons. The number of rotatable bonds is 5. The molecule has 26 heavy (non-hydrogen) atoms. The zero-order chi connectivity index (χ0) is 18.8. The molecule has 1 heterocycles. The van der Waals surface area contributed by atoms with Crippen molar-refractivity contribution in [2.24, 2.45) is 5.41 Å². The van der Waals surface area contributed by atoms with Crippen molar-refractivity contribution >= 4 is 12.0 Å². The molecule has 1 aliphatic heterocycles. The van der Waals surface area contributed by atoms with E-state index in [2.05, 4.69) is 11.4 Å². The summed E-state index contributed by atoms with van der Waals surface area (Å²) in [6.45, 7) is 2.99. The van der Waals surface area contributed by atoms with Gasteiger partial charge in [0, 0.05) is 30.6 Å². The van der Waals surface area contributed by atoms with Crippen molar-refractivity contribution in [3.8, 4) is 5.75 Å². The van der Waals surface area contributed by atoms with E-state index in [9.17, 15) is 14.7 Å². The van der Waals surface area contributed by atoms with Crippen molar-refractivity contribution in [1.29, 1.82) is 0 Å². The summed E-state index contributed by atoms with van der Waals surface area (Å²) in [6, 6.07) is 7.86. The number of methoxy groups -OCH3 is 1. The SMILES string of the molecule is COc1ccccc1C1(CNC(=O)N2CCC(C)(C(=O)O)C2)CCCC1. The van der Waals surface area contributed by atoms with Crippen molar-refractivity contribution < 1.29 is 19.4 Å². The van der Waals surface area contributed by atoms with Gasteiger partial charge in [-0.2, -0.15) is 0 Å². The lowest BCUT2D eigenvalue weighted by molar-refractivity contribution is -0.147. The molecule has 2 amide bonds. The van der Waals surface area contributed by atoms with Crippen LogP contribution in [0.3, 0.4) is 0 Å². The number of aliphatic carboxylic acids is 1. The van der Waals surface area contributed by atoms with Gasteiger partial charge in [0.2, 0.25) is 0 Å². The van der Waals surface area contributed by atoms with Gasteiger partial charge in [-0.05, 0) is 32.3 Å². The number of amides is 2. The van der Waals surface area contributed by atoms with Crippen LogP contribution < -0.4 is 10.1 Å². The smallest absolute Gasteiger partial charge is 0.317 e. The Morgan fingerprint density at radius 3 is 2.54 bits per heavy atom. The van der Waals surface area contributed by atoms with Crippen molar-refractivity contribution in [2.75, 3.05) is 26.7 Å². The van der Waals surface area contributed by atoms with Crippen LogP contribution in [0.5, 0.6) is 5.75 Å². The lowest BCUT2D eigenvalue weighted by Gasteiger charge is -2.32. The number of nitrogens with zero attached hydrogens (tertiary/aromatic N) is 1. The first-order valence-electron chi connectivity index (χ1n) is 9.30. The van der Waals surface area contributed by atoms with Crippen LogP contribution in [-0.2, 0) is 10.2 Å². The number of nitrogens with one attached hydrogen (secondary N) is 1. The average molecular weight is 360 g/mol. The molecule has 1 saturated carbocycles. The number of urea groups is 1. The first-order chi connectivity index (χ1) is 12.4. The van der Waals surface area contributed by atoms with E-state index in [1.54, 1.807) is 18.9 Å². The molecular weight excluding hydrogens is 332 g/mol. The molecule has 3 rings (SSSR count). The highest BCUT2D eigenvalue weighted by molar-refractivity contribution is 5.79. The van der Waals surface area contributed by atoms with E-state index >= 15 is 0 Å². The van der Waals surface area contributed by atoms with Crippen molar-refractivity contribution in [2.45, 2.75) is 44.4 Å². The highest BCUT2D eigenvalue weighted by Crippen LogP contribution is 2.44. The highest BCUT2D eigenvalue weighted by atomic mass is 16.5. The van der Waals surface area contributed by atoms with Gasteiger partial charge in [-0.25, -0.2) is 4.79 Å². The van der Waals surface area contributed by atoms with Gasteiger partial charge in [0.05, 0.1) is 12.5 Å². The number of carbonyl (C=O) groups excluding carboxylic acids is 1. The van der Waals surface area contributed by atoms with E-state index in [1.165, 1.54) is 0 Å². The Labute approximate surface area is 154 Å². The Kier molecular flexibility index (Phi) is 5.12. The summed E-state index contributed by atoms with van der Waals surface area (Å²) in [6.07, 6.45) is 4.79. The predicted molar refractivity (Wildman–Crippen MR) is 98.5 cm³/mol. The van der Waals surface area contributed by atoms with Gasteiger partial charge in [-0.1, -0.05) is 31.0 Å². The molecule has 1 saturated heterocycles. The van der Waals surface area contributed by atoms with E-state index in [4.69, 9.17) is 4.74 Å². The minimum absolute atomic E-state index is 0.113. The fraction of sp³-hybridized carbons (Fsp3) is 0.600. The molecule has 0 spiro atoms. The predicted octanol–water partition coefficient (Wildman–Crippen LogP) is 3.01. The third-order valence-corrected chi connectivity index (χ3v) is 6.09. The first-order valence-corrected chi connectivity index (χ1v) is 9.30. The summed E-state index contributed by atoms with van der Waals surface area (Å²) in [4.78, 5) is 25.6. The standard InChI is InChI=1S/C20H28N2O4/c1-19(17(23)24)11-12-22(14-19)18(25)21-13-20(9-5-6-10-20)15-7-3-4-8-16(15)26-2/h3-4,7-8H,5-6,9-14H2,1-2H3,(H,21,25)(H,23,24). The van der Waals surface area contributed by atoms with Crippen LogP contribution in [0.25, 0.3) is 0 Å². The Bertz CT molecular complexity index is 684. The normalized spacial score (nSPS) is 24.5. The van der Waals surface area contributed by atoms with Crippen LogP contribution in [0.1, 0.15) is 44.6 Å². The third-order valence-electron chi connectivity index (χ3n) is 6.09. The zero-order valence-electron chi connectivity index (χ0n) is 15.6. The van der Waals surface area contributed by atoms with Gasteiger partial charge in [0.1, 0.15) is 5.75 Å². The Hall–Kier alpha value is -2.24. The van der Waals surface area contributed by atoms with E-state index < -0.39 is 11.4 Å². The zero-order valence-corrected chi connectivity index (χ0v) is 15.6. The maximum absolute atomic E-state index is 12.6. The van der Waals surface area contributed by atoms with Crippen LogP contribution in [0.4, 0.5) is 4.79 Å². The van der Waals surface area contributed by atoms with Crippen LogP contribution in [0, 0.1) is 5.41 Å². The molecule has 0 aromatic heterocycles.